The quantitative estimate of drug-likeness (QED) is 0.727. The first-order chi connectivity index (χ1) is 13.0. The Morgan fingerprint density at radius 1 is 1.19 bits per heavy atom. The zero-order valence-electron chi connectivity index (χ0n) is 17.0. The molecule has 1 aromatic carbocycles. The fraction of sp³-hybridized carbons (Fsp3) is 0.667. The summed E-state index contributed by atoms with van der Waals surface area (Å²) in [4.78, 5) is 16.7. The molecule has 2 aliphatic heterocycles. The van der Waals surface area contributed by atoms with Gasteiger partial charge in [0, 0.05) is 38.5 Å². The van der Waals surface area contributed by atoms with Crippen molar-refractivity contribution in [3.63, 3.8) is 0 Å². The number of ether oxygens (including phenoxy) is 3. The van der Waals surface area contributed by atoms with Gasteiger partial charge in [-0.3, -0.25) is 4.90 Å². The van der Waals surface area contributed by atoms with Crippen LogP contribution in [-0.4, -0.2) is 61.4 Å². The summed E-state index contributed by atoms with van der Waals surface area (Å²) >= 11 is 0. The zero-order chi connectivity index (χ0) is 19.4. The minimum absolute atomic E-state index is 0.143. The van der Waals surface area contributed by atoms with Gasteiger partial charge in [-0.05, 0) is 25.5 Å². The zero-order valence-corrected chi connectivity index (χ0v) is 17.0. The van der Waals surface area contributed by atoms with Gasteiger partial charge in [0.25, 0.3) is 0 Å². The first-order valence-electron chi connectivity index (χ1n) is 9.93. The lowest BCUT2D eigenvalue weighted by atomic mass is 9.90. The maximum Gasteiger partial charge on any atom is 0.410 e. The second kappa shape index (κ2) is 8.38. The van der Waals surface area contributed by atoms with E-state index in [0.717, 1.165) is 68.9 Å². The molecule has 1 spiro atoms. The SMILES string of the molecule is CCC[C@H](C)N1CC2(CCN(Cc3c(OC)cccc3OC)CC2)OC1=O. The standard InChI is InChI=1S/C21H32N2O4/c1-5-7-16(2)23-15-21(27-20(23)24)10-12-22(13-11-21)14-17-18(25-3)8-6-9-19(17)26-4/h6,8-9,16H,5,7,10-15H2,1-4H3/t16-/m0/s1. The van der Waals surface area contributed by atoms with Crippen LogP contribution in [-0.2, 0) is 11.3 Å². The van der Waals surface area contributed by atoms with E-state index in [1.807, 2.05) is 23.1 Å². The highest BCUT2D eigenvalue weighted by Crippen LogP contribution is 2.36. The Bertz CT molecular complexity index is 633. The summed E-state index contributed by atoms with van der Waals surface area (Å²) in [6, 6.07) is 6.12. The molecule has 0 unspecified atom stereocenters. The van der Waals surface area contributed by atoms with Crippen LogP contribution in [0.3, 0.4) is 0 Å². The lowest BCUT2D eigenvalue weighted by molar-refractivity contribution is -0.00156. The maximum absolute atomic E-state index is 12.4. The van der Waals surface area contributed by atoms with Crippen LogP contribution in [0.15, 0.2) is 18.2 Å². The van der Waals surface area contributed by atoms with Crippen molar-refractivity contribution in [2.45, 2.75) is 57.7 Å². The van der Waals surface area contributed by atoms with Crippen LogP contribution in [0.1, 0.15) is 45.1 Å². The van der Waals surface area contributed by atoms with Crippen molar-refractivity contribution in [1.29, 1.82) is 0 Å². The van der Waals surface area contributed by atoms with Crippen molar-refractivity contribution in [2.75, 3.05) is 33.9 Å². The van der Waals surface area contributed by atoms with Crippen LogP contribution in [0, 0.1) is 0 Å². The predicted octanol–water partition coefficient (Wildman–Crippen LogP) is 3.68. The molecular formula is C21H32N2O4. The third kappa shape index (κ3) is 4.15. The third-order valence-electron chi connectivity index (χ3n) is 5.91. The van der Waals surface area contributed by atoms with Crippen molar-refractivity contribution in [1.82, 2.24) is 9.80 Å². The van der Waals surface area contributed by atoms with Gasteiger partial charge in [0.1, 0.15) is 17.1 Å². The van der Waals surface area contributed by atoms with E-state index >= 15 is 0 Å². The topological polar surface area (TPSA) is 51.2 Å². The minimum Gasteiger partial charge on any atom is -0.496 e. The van der Waals surface area contributed by atoms with E-state index < -0.39 is 0 Å². The molecule has 2 aliphatic rings. The first kappa shape index (κ1) is 19.8. The molecule has 0 saturated carbocycles. The Balaban J connectivity index is 1.63. The summed E-state index contributed by atoms with van der Waals surface area (Å²) in [5.74, 6) is 1.70. The number of methoxy groups -OCH3 is 2. The van der Waals surface area contributed by atoms with E-state index in [-0.39, 0.29) is 17.7 Å². The van der Waals surface area contributed by atoms with Gasteiger partial charge in [0.2, 0.25) is 0 Å². The Hall–Kier alpha value is -1.95. The van der Waals surface area contributed by atoms with Crippen LogP contribution in [0.2, 0.25) is 0 Å². The molecule has 6 nitrogen and oxygen atoms in total. The molecular weight excluding hydrogens is 344 g/mol. The van der Waals surface area contributed by atoms with Crippen LogP contribution >= 0.6 is 0 Å². The van der Waals surface area contributed by atoms with Crippen molar-refractivity contribution in [3.8, 4) is 11.5 Å². The van der Waals surface area contributed by atoms with Gasteiger partial charge in [-0.15, -0.1) is 0 Å². The number of hydrogen-bond donors (Lipinski definition) is 0. The molecule has 0 aromatic heterocycles. The van der Waals surface area contributed by atoms with Crippen LogP contribution in [0.25, 0.3) is 0 Å². The van der Waals surface area contributed by atoms with E-state index in [2.05, 4.69) is 18.7 Å². The summed E-state index contributed by atoms with van der Waals surface area (Å²) in [6.07, 6.45) is 3.69. The van der Waals surface area contributed by atoms with Crippen molar-refractivity contribution < 1.29 is 19.0 Å². The Kier molecular flexibility index (Phi) is 6.15. The lowest BCUT2D eigenvalue weighted by Gasteiger charge is -2.38. The largest absolute Gasteiger partial charge is 0.496 e. The number of carbonyl (C=O) groups is 1. The van der Waals surface area contributed by atoms with Crippen LogP contribution in [0.4, 0.5) is 4.79 Å². The van der Waals surface area contributed by atoms with Gasteiger partial charge >= 0.3 is 6.09 Å². The fourth-order valence-corrected chi connectivity index (χ4v) is 4.25. The summed E-state index contributed by atoms with van der Waals surface area (Å²) < 4.78 is 16.9. The molecule has 0 aliphatic carbocycles. The maximum atomic E-state index is 12.4. The van der Waals surface area contributed by atoms with Crippen molar-refractivity contribution in [3.05, 3.63) is 23.8 Å². The second-order valence-corrected chi connectivity index (χ2v) is 7.73. The summed E-state index contributed by atoms with van der Waals surface area (Å²) in [5.41, 5.74) is 0.750. The predicted molar refractivity (Wildman–Crippen MR) is 104 cm³/mol. The van der Waals surface area contributed by atoms with Gasteiger partial charge in [0.15, 0.2) is 0 Å². The summed E-state index contributed by atoms with van der Waals surface area (Å²) in [7, 11) is 3.38. The molecule has 27 heavy (non-hydrogen) atoms. The Morgan fingerprint density at radius 2 is 1.81 bits per heavy atom. The molecule has 3 rings (SSSR count). The molecule has 6 heteroatoms. The molecule has 2 fully saturated rings. The van der Waals surface area contributed by atoms with Crippen LogP contribution < -0.4 is 9.47 Å². The average Bonchev–Trinajstić information content (AvgIpc) is 3.00. The molecule has 0 radical (unpaired) electrons. The van der Waals surface area contributed by atoms with Gasteiger partial charge in [0.05, 0.1) is 26.3 Å². The first-order valence-corrected chi connectivity index (χ1v) is 9.93. The van der Waals surface area contributed by atoms with E-state index in [9.17, 15) is 4.79 Å². The lowest BCUT2D eigenvalue weighted by Crippen LogP contribution is -2.47. The second-order valence-electron chi connectivity index (χ2n) is 7.73. The highest BCUT2D eigenvalue weighted by atomic mass is 16.6. The van der Waals surface area contributed by atoms with E-state index in [1.54, 1.807) is 14.2 Å². The summed E-state index contributed by atoms with van der Waals surface area (Å²) in [5, 5.41) is 0. The molecule has 150 valence electrons. The molecule has 1 amide bonds. The fourth-order valence-electron chi connectivity index (χ4n) is 4.25. The number of nitrogens with zero attached hydrogens (tertiary/aromatic N) is 2. The summed E-state index contributed by atoms with van der Waals surface area (Å²) in [6.45, 7) is 7.55. The van der Waals surface area contributed by atoms with Gasteiger partial charge < -0.3 is 19.1 Å². The van der Waals surface area contributed by atoms with Gasteiger partial charge in [-0.2, -0.15) is 0 Å². The van der Waals surface area contributed by atoms with Crippen molar-refractivity contribution in [2.24, 2.45) is 0 Å². The smallest absolute Gasteiger partial charge is 0.410 e. The van der Waals surface area contributed by atoms with Gasteiger partial charge in [-0.25, -0.2) is 4.79 Å². The highest BCUT2D eigenvalue weighted by Gasteiger charge is 2.48. The monoisotopic (exact) mass is 376 g/mol. The number of benzene rings is 1. The molecule has 2 saturated heterocycles. The van der Waals surface area contributed by atoms with E-state index in [1.165, 1.54) is 0 Å². The van der Waals surface area contributed by atoms with E-state index in [4.69, 9.17) is 14.2 Å². The normalized spacial score (nSPS) is 20.6. The Morgan fingerprint density at radius 3 is 2.37 bits per heavy atom. The number of amides is 1. The van der Waals surface area contributed by atoms with Crippen LogP contribution in [0.5, 0.6) is 11.5 Å². The number of rotatable bonds is 7. The highest BCUT2D eigenvalue weighted by molar-refractivity contribution is 5.71. The minimum atomic E-state index is -0.319. The average molecular weight is 376 g/mol. The number of hydrogen-bond acceptors (Lipinski definition) is 5. The Labute approximate surface area is 162 Å². The molecule has 1 aromatic rings. The molecule has 0 bridgehead atoms. The molecule has 1 atom stereocenters. The number of carbonyl (C=O) groups excluding carboxylic acids is 1. The van der Waals surface area contributed by atoms with Gasteiger partial charge in [-0.1, -0.05) is 19.4 Å². The number of piperidine rings is 1. The van der Waals surface area contributed by atoms with E-state index in [0.29, 0.717) is 0 Å². The third-order valence-corrected chi connectivity index (χ3v) is 5.91. The number of likely N-dealkylation sites (tertiary alicyclic amines) is 1. The molecule has 0 N–H and O–H groups in total. The van der Waals surface area contributed by atoms with Crippen molar-refractivity contribution >= 4 is 6.09 Å². The molecule has 2 heterocycles.